The Balaban J connectivity index is 1.59. The molecule has 1 amide bonds. The summed E-state index contributed by atoms with van der Waals surface area (Å²) in [5.41, 5.74) is 6.49. The van der Waals surface area contributed by atoms with E-state index >= 15 is 0 Å². The van der Waals surface area contributed by atoms with E-state index in [0.717, 1.165) is 41.5 Å². The Morgan fingerprint density at radius 2 is 2.12 bits per heavy atom. The molecule has 6 heteroatoms. The van der Waals surface area contributed by atoms with Crippen LogP contribution in [0.4, 0.5) is 0 Å². The van der Waals surface area contributed by atoms with Crippen molar-refractivity contribution >= 4 is 16.8 Å². The van der Waals surface area contributed by atoms with Gasteiger partial charge in [-0.3, -0.25) is 14.5 Å². The molecule has 4 heterocycles. The van der Waals surface area contributed by atoms with Crippen LogP contribution in [0.25, 0.3) is 22.0 Å². The molecule has 0 saturated heterocycles. The number of hydrogen-bond acceptors (Lipinski definition) is 4. The molecular weight excluding hydrogens is 398 g/mol. The van der Waals surface area contributed by atoms with Gasteiger partial charge in [-0.2, -0.15) is 5.10 Å². The van der Waals surface area contributed by atoms with E-state index in [1.54, 1.807) is 19.0 Å². The van der Waals surface area contributed by atoms with Gasteiger partial charge in [-0.15, -0.1) is 0 Å². The van der Waals surface area contributed by atoms with Crippen molar-refractivity contribution in [3.05, 3.63) is 71.8 Å². The number of nitrogens with zero attached hydrogens (tertiary/aromatic N) is 4. The molecule has 5 rings (SSSR count). The SMILES string of the molecule is CN(C)C(=O)CCc1ccc2c(-c3c(C4(C)C=CC=CN4)nn4c3CCC4)ccnc2c1. The lowest BCUT2D eigenvalue weighted by atomic mass is 9.87. The van der Waals surface area contributed by atoms with Crippen LogP contribution in [0.5, 0.6) is 0 Å². The van der Waals surface area contributed by atoms with E-state index < -0.39 is 0 Å². The van der Waals surface area contributed by atoms with Gasteiger partial charge in [0.25, 0.3) is 0 Å². The smallest absolute Gasteiger partial charge is 0.222 e. The number of allylic oxidation sites excluding steroid dienone is 2. The van der Waals surface area contributed by atoms with Gasteiger partial charge in [0.15, 0.2) is 0 Å². The van der Waals surface area contributed by atoms with Crippen LogP contribution in [0.1, 0.15) is 36.7 Å². The van der Waals surface area contributed by atoms with E-state index in [0.29, 0.717) is 12.8 Å². The highest BCUT2D eigenvalue weighted by molar-refractivity contribution is 5.96. The Bertz CT molecular complexity index is 1250. The van der Waals surface area contributed by atoms with Gasteiger partial charge in [0.1, 0.15) is 0 Å². The van der Waals surface area contributed by atoms with E-state index in [1.807, 2.05) is 18.5 Å². The van der Waals surface area contributed by atoms with Crippen LogP contribution >= 0.6 is 0 Å². The van der Waals surface area contributed by atoms with E-state index in [1.165, 1.54) is 16.8 Å². The highest BCUT2D eigenvalue weighted by Crippen LogP contribution is 2.40. The van der Waals surface area contributed by atoms with E-state index in [4.69, 9.17) is 5.10 Å². The van der Waals surface area contributed by atoms with Gasteiger partial charge in [0.2, 0.25) is 5.91 Å². The van der Waals surface area contributed by atoms with Gasteiger partial charge in [-0.05, 0) is 61.7 Å². The molecule has 0 saturated carbocycles. The number of hydrogen-bond donors (Lipinski definition) is 1. The Labute approximate surface area is 188 Å². The number of aryl methyl sites for hydroxylation is 2. The quantitative estimate of drug-likeness (QED) is 0.670. The molecular formula is C26H29N5O. The third-order valence-electron chi connectivity index (χ3n) is 6.56. The molecule has 6 nitrogen and oxygen atoms in total. The first-order chi connectivity index (χ1) is 15.5. The summed E-state index contributed by atoms with van der Waals surface area (Å²) >= 11 is 0. The van der Waals surface area contributed by atoms with Crippen molar-refractivity contribution in [2.24, 2.45) is 0 Å². The van der Waals surface area contributed by atoms with Crippen LogP contribution in [-0.2, 0) is 29.7 Å². The second-order valence-corrected chi connectivity index (χ2v) is 9.06. The van der Waals surface area contributed by atoms with Gasteiger partial charge >= 0.3 is 0 Å². The summed E-state index contributed by atoms with van der Waals surface area (Å²) in [6.07, 6.45) is 13.5. The van der Waals surface area contributed by atoms with Crippen molar-refractivity contribution in [2.45, 2.75) is 44.7 Å². The van der Waals surface area contributed by atoms with Crippen LogP contribution in [0.2, 0.25) is 0 Å². The van der Waals surface area contributed by atoms with Crippen molar-refractivity contribution < 1.29 is 4.79 Å². The maximum atomic E-state index is 12.0. The summed E-state index contributed by atoms with van der Waals surface area (Å²) in [5, 5.41) is 9.69. The minimum atomic E-state index is -0.358. The number of rotatable bonds is 5. The number of pyridine rings is 1. The molecule has 164 valence electrons. The lowest BCUT2D eigenvalue weighted by Crippen LogP contribution is -2.36. The summed E-state index contributed by atoms with van der Waals surface area (Å²) in [5.74, 6) is 0.141. The number of carbonyl (C=O) groups excluding carboxylic acids is 1. The van der Waals surface area contributed by atoms with Crippen LogP contribution in [0, 0.1) is 0 Å². The van der Waals surface area contributed by atoms with Crippen molar-refractivity contribution in [3.63, 3.8) is 0 Å². The normalized spacial score (nSPS) is 19.2. The Morgan fingerprint density at radius 1 is 1.25 bits per heavy atom. The summed E-state index contributed by atoms with van der Waals surface area (Å²) in [4.78, 5) is 18.3. The first-order valence-electron chi connectivity index (χ1n) is 11.3. The monoisotopic (exact) mass is 427 g/mol. The highest BCUT2D eigenvalue weighted by atomic mass is 16.2. The largest absolute Gasteiger partial charge is 0.377 e. The molecule has 0 bridgehead atoms. The minimum Gasteiger partial charge on any atom is -0.377 e. The molecule has 1 unspecified atom stereocenters. The zero-order chi connectivity index (χ0) is 22.3. The number of fused-ring (bicyclic) bond motifs is 2. The number of aromatic nitrogens is 3. The Hall–Kier alpha value is -3.41. The number of dihydropyridines is 1. The molecule has 2 aromatic heterocycles. The van der Waals surface area contributed by atoms with Gasteiger partial charge in [-0.25, -0.2) is 0 Å². The van der Waals surface area contributed by atoms with Crippen molar-refractivity contribution in [1.29, 1.82) is 0 Å². The zero-order valence-electron chi connectivity index (χ0n) is 18.9. The molecule has 32 heavy (non-hydrogen) atoms. The van der Waals surface area contributed by atoms with Gasteiger partial charge < -0.3 is 10.2 Å². The van der Waals surface area contributed by atoms with Crippen LogP contribution < -0.4 is 5.32 Å². The fourth-order valence-electron chi connectivity index (χ4n) is 4.74. The standard InChI is InChI=1S/C26H29N5O/c1-26(13-4-5-14-28-26)25-24(22-7-6-16-31(22)29-25)20-12-15-27-21-17-18(8-10-19(20)21)9-11-23(32)30(2)3/h4-5,8,10,12-15,17,28H,6-7,9,11,16H2,1-3H3. The Kier molecular flexibility index (Phi) is 5.08. The molecule has 0 spiro atoms. The molecule has 1 N–H and O–H groups in total. The number of amides is 1. The number of carbonyl (C=O) groups is 1. The third-order valence-corrected chi connectivity index (χ3v) is 6.56. The molecule has 1 aromatic carbocycles. The molecule has 0 aliphatic carbocycles. The van der Waals surface area contributed by atoms with E-state index in [2.05, 4.69) is 58.3 Å². The minimum absolute atomic E-state index is 0.141. The van der Waals surface area contributed by atoms with Crippen molar-refractivity contribution in [2.75, 3.05) is 14.1 Å². The third kappa shape index (κ3) is 3.49. The topological polar surface area (TPSA) is 63.1 Å². The predicted molar refractivity (Wildman–Crippen MR) is 127 cm³/mol. The molecule has 0 fully saturated rings. The summed E-state index contributed by atoms with van der Waals surface area (Å²) in [6.45, 7) is 3.14. The van der Waals surface area contributed by atoms with Crippen LogP contribution in [0.3, 0.4) is 0 Å². The second-order valence-electron chi connectivity index (χ2n) is 9.06. The molecule has 2 aliphatic heterocycles. The lowest BCUT2D eigenvalue weighted by molar-refractivity contribution is -0.128. The zero-order valence-corrected chi connectivity index (χ0v) is 18.9. The van der Waals surface area contributed by atoms with E-state index in [-0.39, 0.29) is 11.4 Å². The van der Waals surface area contributed by atoms with Gasteiger partial charge in [0, 0.05) is 49.9 Å². The van der Waals surface area contributed by atoms with Gasteiger partial charge in [0.05, 0.1) is 16.7 Å². The van der Waals surface area contributed by atoms with Crippen molar-refractivity contribution in [1.82, 2.24) is 25.0 Å². The molecule has 0 radical (unpaired) electrons. The second kappa shape index (κ2) is 7.93. The van der Waals surface area contributed by atoms with Crippen molar-refractivity contribution in [3.8, 4) is 11.1 Å². The summed E-state index contributed by atoms with van der Waals surface area (Å²) < 4.78 is 2.18. The average molecular weight is 428 g/mol. The van der Waals surface area contributed by atoms with Crippen LogP contribution in [0.15, 0.2) is 54.9 Å². The fraction of sp³-hybridized carbons (Fsp3) is 0.346. The summed E-state index contributed by atoms with van der Waals surface area (Å²) in [7, 11) is 3.59. The maximum absolute atomic E-state index is 12.0. The number of benzene rings is 1. The predicted octanol–water partition coefficient (Wildman–Crippen LogP) is 3.95. The number of nitrogens with one attached hydrogen (secondary N) is 1. The van der Waals surface area contributed by atoms with E-state index in [9.17, 15) is 4.79 Å². The fourth-order valence-corrected chi connectivity index (χ4v) is 4.74. The first-order valence-corrected chi connectivity index (χ1v) is 11.3. The molecule has 2 aliphatic rings. The first kappa shape index (κ1) is 20.5. The highest BCUT2D eigenvalue weighted by Gasteiger charge is 2.34. The molecule has 3 aromatic rings. The van der Waals surface area contributed by atoms with Crippen LogP contribution in [-0.4, -0.2) is 39.7 Å². The van der Waals surface area contributed by atoms with Gasteiger partial charge in [-0.1, -0.05) is 24.3 Å². The maximum Gasteiger partial charge on any atom is 0.222 e. The molecule has 1 atom stereocenters. The lowest BCUT2D eigenvalue weighted by Gasteiger charge is -2.28. The average Bonchev–Trinajstić information content (AvgIpc) is 3.39. The Morgan fingerprint density at radius 3 is 2.91 bits per heavy atom. The summed E-state index contributed by atoms with van der Waals surface area (Å²) in [6, 6.07) is 8.52.